The van der Waals surface area contributed by atoms with Crippen LogP contribution in [0.4, 0.5) is 0 Å². The van der Waals surface area contributed by atoms with Crippen molar-refractivity contribution < 1.29 is 0 Å². The van der Waals surface area contributed by atoms with E-state index in [1.165, 1.54) is 40.8 Å². The van der Waals surface area contributed by atoms with Crippen LogP contribution in [0.2, 0.25) is 0 Å². The molecule has 0 radical (unpaired) electrons. The topological polar surface area (TPSA) is 24.9 Å². The van der Waals surface area contributed by atoms with Crippen molar-refractivity contribution in [2.24, 2.45) is 0 Å². The smallest absolute Gasteiger partial charge is 0.107 e. The van der Waals surface area contributed by atoms with Gasteiger partial charge in [-0.1, -0.05) is 0 Å². The fourth-order valence-electron chi connectivity index (χ4n) is 2.18. The Labute approximate surface area is 109 Å². The molecule has 2 nitrogen and oxygen atoms in total. The average molecular weight is 272 g/mol. The van der Waals surface area contributed by atoms with Crippen molar-refractivity contribution >= 4 is 34.9 Å². The fraction of sp³-hybridized carbons (Fsp3) is 0.727. The van der Waals surface area contributed by atoms with E-state index < -0.39 is 0 Å². The number of thiazole rings is 1. The van der Waals surface area contributed by atoms with Crippen molar-refractivity contribution in [1.82, 2.24) is 10.3 Å². The minimum atomic E-state index is 0.534. The van der Waals surface area contributed by atoms with Crippen molar-refractivity contribution in [2.45, 2.75) is 24.1 Å². The molecule has 0 amide bonds. The number of hydrogen-bond donors (Lipinski definition) is 1. The minimum absolute atomic E-state index is 0.534. The molecule has 3 rings (SSSR count). The highest BCUT2D eigenvalue weighted by Crippen LogP contribution is 2.39. The predicted octanol–water partition coefficient (Wildman–Crippen LogP) is 3.09. The maximum Gasteiger partial charge on any atom is 0.107 e. The van der Waals surface area contributed by atoms with E-state index in [-0.39, 0.29) is 0 Å². The standard InChI is InChI=1S/C11H16N2S3/c1-2-8(12-3-1)9-6-16-11(13-9)10-7-14-4-5-15-10/h6,8,10,12H,1-5,7H2/t8-,10?/m0/s1. The molecule has 2 aliphatic rings. The summed E-state index contributed by atoms with van der Waals surface area (Å²) in [7, 11) is 0. The normalized spacial score (nSPS) is 30.8. The molecular formula is C11H16N2S3. The molecule has 0 aromatic carbocycles. The first-order chi connectivity index (χ1) is 7.93. The van der Waals surface area contributed by atoms with Crippen LogP contribution < -0.4 is 5.32 Å². The first-order valence-corrected chi connectivity index (χ1v) is 8.90. The fourth-order valence-corrected chi connectivity index (χ4v) is 6.05. The Morgan fingerprint density at radius 2 is 2.38 bits per heavy atom. The molecule has 1 aromatic rings. The van der Waals surface area contributed by atoms with Gasteiger partial charge in [0.15, 0.2) is 0 Å². The summed E-state index contributed by atoms with van der Waals surface area (Å²) in [5.41, 5.74) is 1.29. The summed E-state index contributed by atoms with van der Waals surface area (Å²) in [4.78, 5) is 4.84. The zero-order valence-electron chi connectivity index (χ0n) is 9.15. The third kappa shape index (κ3) is 2.42. The molecule has 2 fully saturated rings. The lowest BCUT2D eigenvalue weighted by Gasteiger charge is -2.18. The molecule has 88 valence electrons. The van der Waals surface area contributed by atoms with Crippen molar-refractivity contribution in [3.8, 4) is 0 Å². The first kappa shape index (κ1) is 11.4. The van der Waals surface area contributed by atoms with Crippen LogP contribution in [0.15, 0.2) is 5.38 Å². The van der Waals surface area contributed by atoms with Gasteiger partial charge in [-0.3, -0.25) is 0 Å². The van der Waals surface area contributed by atoms with Gasteiger partial charge in [-0.05, 0) is 19.4 Å². The molecule has 2 aliphatic heterocycles. The summed E-state index contributed by atoms with van der Waals surface area (Å²) in [5.74, 6) is 3.84. The predicted molar refractivity (Wildman–Crippen MR) is 74.6 cm³/mol. The highest BCUT2D eigenvalue weighted by atomic mass is 32.2. The van der Waals surface area contributed by atoms with E-state index in [1.54, 1.807) is 0 Å². The highest BCUT2D eigenvalue weighted by Gasteiger charge is 2.23. The van der Waals surface area contributed by atoms with E-state index >= 15 is 0 Å². The zero-order valence-corrected chi connectivity index (χ0v) is 11.6. The van der Waals surface area contributed by atoms with Crippen LogP contribution in [0.1, 0.15) is 34.8 Å². The SMILES string of the molecule is c1sc(C2CSCCS2)nc1[C@@H]1CCCN1. The molecule has 0 spiro atoms. The Hall–Kier alpha value is 0.290. The van der Waals surface area contributed by atoms with Gasteiger partial charge in [0, 0.05) is 22.6 Å². The molecule has 1 N–H and O–H groups in total. The number of aromatic nitrogens is 1. The third-order valence-corrected chi connectivity index (χ3v) is 6.94. The molecule has 1 aromatic heterocycles. The van der Waals surface area contributed by atoms with Crippen LogP contribution in [-0.2, 0) is 0 Å². The maximum absolute atomic E-state index is 4.84. The summed E-state index contributed by atoms with van der Waals surface area (Å²) in [6, 6.07) is 0.534. The summed E-state index contributed by atoms with van der Waals surface area (Å²) in [6.07, 6.45) is 2.56. The first-order valence-electron chi connectivity index (χ1n) is 5.81. The van der Waals surface area contributed by atoms with Crippen LogP contribution >= 0.6 is 34.9 Å². The monoisotopic (exact) mass is 272 g/mol. The van der Waals surface area contributed by atoms with Crippen molar-refractivity contribution in [2.75, 3.05) is 23.8 Å². The molecule has 1 unspecified atom stereocenters. The van der Waals surface area contributed by atoms with Crippen molar-refractivity contribution in [3.63, 3.8) is 0 Å². The van der Waals surface area contributed by atoms with Crippen LogP contribution in [0, 0.1) is 0 Å². The van der Waals surface area contributed by atoms with E-state index in [0.717, 1.165) is 6.54 Å². The Balaban J connectivity index is 1.71. The second-order valence-corrected chi connectivity index (χ2v) is 7.54. The number of hydrogen-bond acceptors (Lipinski definition) is 5. The third-order valence-electron chi connectivity index (χ3n) is 3.05. The number of nitrogens with one attached hydrogen (secondary N) is 1. The van der Waals surface area contributed by atoms with E-state index in [2.05, 4.69) is 34.2 Å². The van der Waals surface area contributed by atoms with Gasteiger partial charge >= 0.3 is 0 Å². The van der Waals surface area contributed by atoms with Gasteiger partial charge < -0.3 is 5.32 Å². The van der Waals surface area contributed by atoms with E-state index in [0.29, 0.717) is 11.3 Å². The molecule has 5 heteroatoms. The van der Waals surface area contributed by atoms with Crippen LogP contribution in [0.25, 0.3) is 0 Å². The molecule has 0 saturated carbocycles. The van der Waals surface area contributed by atoms with Gasteiger partial charge in [0.2, 0.25) is 0 Å². The minimum Gasteiger partial charge on any atom is -0.309 e. The van der Waals surface area contributed by atoms with Crippen molar-refractivity contribution in [1.29, 1.82) is 0 Å². The summed E-state index contributed by atoms with van der Waals surface area (Å²) in [6.45, 7) is 1.16. The molecule has 0 aliphatic carbocycles. The van der Waals surface area contributed by atoms with Gasteiger partial charge in [0.1, 0.15) is 5.01 Å². The molecule has 16 heavy (non-hydrogen) atoms. The van der Waals surface area contributed by atoms with Gasteiger partial charge in [-0.25, -0.2) is 4.98 Å². The second kappa shape index (κ2) is 5.29. The molecule has 3 heterocycles. The Morgan fingerprint density at radius 1 is 1.38 bits per heavy atom. The number of nitrogens with zero attached hydrogens (tertiary/aromatic N) is 1. The summed E-state index contributed by atoms with van der Waals surface area (Å²) < 4.78 is 0. The average Bonchev–Trinajstić information content (AvgIpc) is 3.01. The Bertz CT molecular complexity index is 341. The molecular weight excluding hydrogens is 256 g/mol. The van der Waals surface area contributed by atoms with Crippen LogP contribution in [-0.4, -0.2) is 28.8 Å². The van der Waals surface area contributed by atoms with Gasteiger partial charge in [-0.2, -0.15) is 11.8 Å². The number of thioether (sulfide) groups is 2. The lowest BCUT2D eigenvalue weighted by atomic mass is 10.2. The van der Waals surface area contributed by atoms with Gasteiger partial charge in [-0.15, -0.1) is 23.1 Å². The lowest BCUT2D eigenvalue weighted by molar-refractivity contribution is 0.629. The van der Waals surface area contributed by atoms with E-state index in [4.69, 9.17) is 4.98 Å². The van der Waals surface area contributed by atoms with Crippen LogP contribution in [0.5, 0.6) is 0 Å². The van der Waals surface area contributed by atoms with Crippen LogP contribution in [0.3, 0.4) is 0 Å². The Kier molecular flexibility index (Phi) is 3.77. The second-order valence-electron chi connectivity index (χ2n) is 4.19. The lowest BCUT2D eigenvalue weighted by Crippen LogP contribution is -2.13. The molecule has 2 saturated heterocycles. The zero-order chi connectivity index (χ0) is 10.8. The van der Waals surface area contributed by atoms with Crippen molar-refractivity contribution in [3.05, 3.63) is 16.1 Å². The van der Waals surface area contributed by atoms with Gasteiger partial charge in [0.25, 0.3) is 0 Å². The largest absolute Gasteiger partial charge is 0.309 e. The quantitative estimate of drug-likeness (QED) is 0.894. The van der Waals surface area contributed by atoms with E-state index in [9.17, 15) is 0 Å². The van der Waals surface area contributed by atoms with E-state index in [1.807, 2.05) is 11.3 Å². The maximum atomic E-state index is 4.84. The summed E-state index contributed by atoms with van der Waals surface area (Å²) >= 11 is 6.01. The Morgan fingerprint density at radius 3 is 3.12 bits per heavy atom. The summed E-state index contributed by atoms with van der Waals surface area (Å²) in [5, 5.41) is 7.78. The highest BCUT2D eigenvalue weighted by molar-refractivity contribution is 8.06. The molecule has 2 atom stereocenters. The number of rotatable bonds is 2. The van der Waals surface area contributed by atoms with Gasteiger partial charge in [0.05, 0.1) is 17.0 Å². The molecule has 0 bridgehead atoms.